The van der Waals surface area contributed by atoms with Crippen molar-refractivity contribution < 1.29 is 57.2 Å². The zero-order valence-corrected chi connectivity index (χ0v) is 8.21. The van der Waals surface area contributed by atoms with Gasteiger partial charge in [-0.05, 0) is 0 Å². The van der Waals surface area contributed by atoms with E-state index >= 15 is 0 Å². The largest absolute Gasteiger partial charge is 0.481 e. The van der Waals surface area contributed by atoms with E-state index in [1.54, 1.807) is 0 Å². The molecular weight excluding hydrogens is 292 g/mol. The summed E-state index contributed by atoms with van der Waals surface area (Å²) in [4.78, 5) is 30.5. The van der Waals surface area contributed by atoms with Gasteiger partial charge in [0.1, 0.15) is 0 Å². The van der Waals surface area contributed by atoms with Crippen LogP contribution in [-0.2, 0) is 36.8 Å². The first-order chi connectivity index (χ1) is 5.78. The molecule has 0 saturated heterocycles. The summed E-state index contributed by atoms with van der Waals surface area (Å²) in [7, 11) is 0. The van der Waals surface area contributed by atoms with Crippen LogP contribution in [0.4, 0.5) is 0 Å². The Morgan fingerprint density at radius 1 is 0.929 bits per heavy atom. The third kappa shape index (κ3) is 4.97. The second-order valence-electron chi connectivity index (χ2n) is 2.48. The number of carbonyl (C=O) groups is 3. The smallest absolute Gasteiger partial charge is 0.336 e. The van der Waals surface area contributed by atoms with Gasteiger partial charge in [-0.3, -0.25) is 9.59 Å². The van der Waals surface area contributed by atoms with E-state index in [0.29, 0.717) is 0 Å². The van der Waals surface area contributed by atoms with Crippen molar-refractivity contribution in [2.45, 2.75) is 18.4 Å². The average molecular weight is 300 g/mol. The Kier molecular flexibility index (Phi) is 6.41. The second-order valence-corrected chi connectivity index (χ2v) is 2.48. The summed E-state index contributed by atoms with van der Waals surface area (Å²) in [6, 6.07) is 0. The van der Waals surface area contributed by atoms with Gasteiger partial charge in [0.15, 0.2) is 5.60 Å². The zero-order chi connectivity index (χ0) is 10.6. The molecule has 0 fully saturated rings. The summed E-state index contributed by atoms with van der Waals surface area (Å²) in [5.41, 5.74) is -2.74. The Balaban J connectivity index is 0. The van der Waals surface area contributed by atoms with Crippen LogP contribution in [0.2, 0.25) is 0 Å². The molecule has 1 radical (unpaired) electrons. The van der Waals surface area contributed by atoms with E-state index in [-0.39, 0.29) is 22.4 Å². The molecule has 0 aliphatic rings. The molecule has 8 heteroatoms. The first kappa shape index (κ1) is 15.6. The molecule has 0 aliphatic heterocycles. The molecule has 0 saturated carbocycles. The van der Waals surface area contributed by atoms with E-state index < -0.39 is 36.4 Å². The number of carboxylic acid groups (broad SMARTS) is 3. The van der Waals surface area contributed by atoms with E-state index in [1.165, 1.54) is 0 Å². The van der Waals surface area contributed by atoms with Gasteiger partial charge in [0.2, 0.25) is 0 Å². The predicted octanol–water partition coefficient (Wildman–Crippen LogP) is -1.25. The molecule has 0 aliphatic carbocycles. The van der Waals surface area contributed by atoms with E-state index in [2.05, 4.69) is 0 Å². The van der Waals surface area contributed by atoms with Crippen molar-refractivity contribution in [3.8, 4) is 0 Å². The van der Waals surface area contributed by atoms with Crippen LogP contribution in [0, 0.1) is 0 Å². The molecule has 0 rings (SSSR count). The normalized spacial score (nSPS) is 10.1. The van der Waals surface area contributed by atoms with Crippen molar-refractivity contribution in [1.82, 2.24) is 0 Å². The minimum atomic E-state index is -2.74. The fraction of sp³-hybridized carbons (Fsp3) is 0.500. The van der Waals surface area contributed by atoms with Gasteiger partial charge in [-0.25, -0.2) is 4.79 Å². The monoisotopic (exact) mass is 299 g/mol. The third-order valence-electron chi connectivity index (χ3n) is 1.29. The van der Waals surface area contributed by atoms with Gasteiger partial charge in [0.25, 0.3) is 0 Å². The zero-order valence-electron chi connectivity index (χ0n) is 6.73. The predicted molar refractivity (Wildman–Crippen MR) is 37.1 cm³/mol. The molecule has 0 aromatic heterocycles. The van der Waals surface area contributed by atoms with Gasteiger partial charge < -0.3 is 20.4 Å². The molecule has 7 nitrogen and oxygen atoms in total. The molecule has 0 spiro atoms. The second kappa shape index (κ2) is 5.76. The van der Waals surface area contributed by atoms with Crippen molar-refractivity contribution in [2.75, 3.05) is 0 Å². The maximum atomic E-state index is 10.3. The van der Waals surface area contributed by atoms with Gasteiger partial charge in [-0.15, -0.1) is 0 Å². The molecule has 0 bridgehead atoms. The molecule has 0 aromatic rings. The van der Waals surface area contributed by atoms with Crippen LogP contribution >= 0.6 is 0 Å². The number of carboxylic acids is 3. The molecule has 14 heavy (non-hydrogen) atoms. The van der Waals surface area contributed by atoms with Crippen LogP contribution in [0.25, 0.3) is 0 Å². The van der Waals surface area contributed by atoms with E-state index in [1.807, 2.05) is 0 Å². The number of aliphatic carboxylic acids is 3. The van der Waals surface area contributed by atoms with Crippen LogP contribution in [-0.4, -0.2) is 43.9 Å². The standard InChI is InChI=1S/C6H8O7.Ag/c7-3(8)1-6(13,5(11)12)2-4(9)10;/h13H,1-2H2,(H,7,8)(H,9,10)(H,11,12);. The number of hydrogen-bond donors (Lipinski definition) is 4. The van der Waals surface area contributed by atoms with Gasteiger partial charge in [-0.1, -0.05) is 0 Å². The summed E-state index contributed by atoms with van der Waals surface area (Å²) >= 11 is 0. The Bertz CT molecular complexity index is 233. The Morgan fingerprint density at radius 3 is 1.36 bits per heavy atom. The van der Waals surface area contributed by atoms with E-state index in [4.69, 9.17) is 20.4 Å². The minimum Gasteiger partial charge on any atom is -0.481 e. The first-order valence-corrected chi connectivity index (χ1v) is 3.17. The Hall–Kier alpha value is -0.890. The molecule has 0 atom stereocenters. The van der Waals surface area contributed by atoms with Gasteiger partial charge >= 0.3 is 17.9 Å². The number of aliphatic hydroxyl groups is 1. The van der Waals surface area contributed by atoms with Crippen LogP contribution in [0.1, 0.15) is 12.8 Å². The molecule has 85 valence electrons. The fourth-order valence-corrected chi connectivity index (χ4v) is 0.714. The van der Waals surface area contributed by atoms with Gasteiger partial charge in [0, 0.05) is 22.4 Å². The molecule has 4 N–H and O–H groups in total. The Labute approximate surface area is 93.9 Å². The van der Waals surface area contributed by atoms with E-state index in [9.17, 15) is 14.4 Å². The maximum absolute atomic E-state index is 10.3. The van der Waals surface area contributed by atoms with Gasteiger partial charge in [0.05, 0.1) is 12.8 Å². The fourth-order valence-electron chi connectivity index (χ4n) is 0.714. The molecule has 0 unspecified atom stereocenters. The first-order valence-electron chi connectivity index (χ1n) is 3.17. The summed E-state index contributed by atoms with van der Waals surface area (Å²) in [6.45, 7) is 0. The van der Waals surface area contributed by atoms with Crippen LogP contribution in [0.3, 0.4) is 0 Å². The van der Waals surface area contributed by atoms with Gasteiger partial charge in [-0.2, -0.15) is 0 Å². The van der Waals surface area contributed by atoms with Crippen LogP contribution < -0.4 is 0 Å². The van der Waals surface area contributed by atoms with Crippen LogP contribution in [0.15, 0.2) is 0 Å². The number of rotatable bonds is 5. The molecule has 0 heterocycles. The molecule has 0 amide bonds. The number of hydrogen-bond acceptors (Lipinski definition) is 4. The molecule has 0 aromatic carbocycles. The van der Waals surface area contributed by atoms with Crippen LogP contribution in [0.5, 0.6) is 0 Å². The third-order valence-corrected chi connectivity index (χ3v) is 1.29. The summed E-state index contributed by atoms with van der Waals surface area (Å²) < 4.78 is 0. The van der Waals surface area contributed by atoms with Crippen molar-refractivity contribution in [1.29, 1.82) is 0 Å². The summed E-state index contributed by atoms with van der Waals surface area (Å²) in [6.07, 6.45) is -2.29. The minimum absolute atomic E-state index is 0. The molecular formula is C6H8AgO7. The summed E-state index contributed by atoms with van der Waals surface area (Å²) in [5, 5.41) is 33.8. The average Bonchev–Trinajstić information content (AvgIpc) is 1.82. The van der Waals surface area contributed by atoms with Crippen molar-refractivity contribution >= 4 is 17.9 Å². The SMILES string of the molecule is O=C(O)CC(O)(CC(=O)O)C(=O)O.[Ag]. The van der Waals surface area contributed by atoms with Crippen molar-refractivity contribution in [3.05, 3.63) is 0 Å². The maximum Gasteiger partial charge on any atom is 0.336 e. The quantitative estimate of drug-likeness (QED) is 0.466. The Morgan fingerprint density at radius 2 is 1.21 bits per heavy atom. The summed E-state index contributed by atoms with van der Waals surface area (Å²) in [5.74, 6) is -5.02. The van der Waals surface area contributed by atoms with Crippen molar-refractivity contribution in [2.24, 2.45) is 0 Å². The topological polar surface area (TPSA) is 132 Å². The van der Waals surface area contributed by atoms with E-state index in [0.717, 1.165) is 0 Å². The van der Waals surface area contributed by atoms with Crippen molar-refractivity contribution in [3.63, 3.8) is 0 Å².